The molecular weight excluding hydrogens is 344 g/mol. The topological polar surface area (TPSA) is 76.0 Å². The monoisotopic (exact) mass is 370 g/mol. The quantitative estimate of drug-likeness (QED) is 0.781. The van der Waals surface area contributed by atoms with E-state index in [0.29, 0.717) is 19.4 Å². The van der Waals surface area contributed by atoms with E-state index in [0.717, 1.165) is 28.9 Å². The van der Waals surface area contributed by atoms with Gasteiger partial charge in [0.05, 0.1) is 19.8 Å². The Morgan fingerprint density at radius 1 is 1.30 bits per heavy atom. The molecule has 0 spiro atoms. The third-order valence-corrected chi connectivity index (χ3v) is 5.28. The van der Waals surface area contributed by atoms with E-state index in [1.165, 1.54) is 7.11 Å². The standard InChI is InChI=1S/C22H26O5/c1-22(2)11-12-27-20-15(5-4-6-17(20)22)18(23)10-8-14-7-9-16(19(24)13-14)21(25)26-3/h4-7,9,13,18,23-24H,8,10-12H2,1-3H3. The van der Waals surface area contributed by atoms with E-state index in [-0.39, 0.29) is 16.7 Å². The molecule has 0 fully saturated rings. The molecule has 144 valence electrons. The molecule has 3 rings (SSSR count). The Labute approximate surface area is 159 Å². The summed E-state index contributed by atoms with van der Waals surface area (Å²) in [5.41, 5.74) is 2.93. The lowest BCUT2D eigenvalue weighted by atomic mass is 9.78. The van der Waals surface area contributed by atoms with Crippen molar-refractivity contribution in [1.82, 2.24) is 0 Å². The first kappa shape index (κ1) is 19.2. The molecule has 5 heteroatoms. The largest absolute Gasteiger partial charge is 0.507 e. The molecule has 27 heavy (non-hydrogen) atoms. The molecule has 1 aliphatic heterocycles. The lowest BCUT2D eigenvalue weighted by Gasteiger charge is -2.34. The number of benzene rings is 2. The van der Waals surface area contributed by atoms with Crippen LogP contribution in [0.15, 0.2) is 36.4 Å². The fourth-order valence-electron chi connectivity index (χ4n) is 3.53. The Morgan fingerprint density at radius 2 is 2.07 bits per heavy atom. The van der Waals surface area contributed by atoms with E-state index in [1.807, 2.05) is 12.1 Å². The van der Waals surface area contributed by atoms with Gasteiger partial charge in [-0.25, -0.2) is 4.79 Å². The molecule has 0 radical (unpaired) electrons. The number of methoxy groups -OCH3 is 1. The number of hydrogen-bond donors (Lipinski definition) is 2. The van der Waals surface area contributed by atoms with Crippen LogP contribution in [0, 0.1) is 0 Å². The van der Waals surface area contributed by atoms with Crippen molar-refractivity contribution in [3.63, 3.8) is 0 Å². The molecule has 1 atom stereocenters. The highest BCUT2D eigenvalue weighted by Crippen LogP contribution is 2.42. The number of aromatic hydroxyl groups is 1. The highest BCUT2D eigenvalue weighted by molar-refractivity contribution is 5.92. The SMILES string of the molecule is COC(=O)c1ccc(CCC(O)c2cccc3c2OCCC3(C)C)cc1O. The van der Waals surface area contributed by atoms with Crippen molar-refractivity contribution in [3.8, 4) is 11.5 Å². The van der Waals surface area contributed by atoms with E-state index in [4.69, 9.17) is 4.74 Å². The van der Waals surface area contributed by atoms with Gasteiger partial charge in [-0.2, -0.15) is 0 Å². The van der Waals surface area contributed by atoms with Crippen LogP contribution >= 0.6 is 0 Å². The van der Waals surface area contributed by atoms with Crippen LogP contribution in [0.1, 0.15) is 59.8 Å². The molecule has 0 saturated carbocycles. The molecule has 0 saturated heterocycles. The molecule has 0 amide bonds. The van der Waals surface area contributed by atoms with Crippen molar-refractivity contribution in [1.29, 1.82) is 0 Å². The molecule has 5 nitrogen and oxygen atoms in total. The van der Waals surface area contributed by atoms with Gasteiger partial charge in [0.25, 0.3) is 0 Å². The molecule has 1 unspecified atom stereocenters. The number of aryl methyl sites for hydroxylation is 1. The summed E-state index contributed by atoms with van der Waals surface area (Å²) in [6.07, 6.45) is 1.32. The molecule has 1 aliphatic rings. The van der Waals surface area contributed by atoms with Gasteiger partial charge in [0, 0.05) is 11.1 Å². The average molecular weight is 370 g/mol. The average Bonchev–Trinajstić information content (AvgIpc) is 2.65. The first-order valence-electron chi connectivity index (χ1n) is 9.18. The van der Waals surface area contributed by atoms with Gasteiger partial charge in [-0.3, -0.25) is 0 Å². The van der Waals surface area contributed by atoms with Crippen molar-refractivity contribution in [3.05, 3.63) is 58.7 Å². The number of aliphatic hydroxyl groups is 1. The third-order valence-electron chi connectivity index (χ3n) is 5.28. The van der Waals surface area contributed by atoms with Gasteiger partial charge in [0.2, 0.25) is 0 Å². The van der Waals surface area contributed by atoms with Crippen LogP contribution in [0.5, 0.6) is 11.5 Å². The van der Waals surface area contributed by atoms with Crippen molar-refractivity contribution in [2.45, 2.75) is 44.6 Å². The predicted octanol–water partition coefficient (Wildman–Crippen LogP) is 3.91. The highest BCUT2D eigenvalue weighted by atomic mass is 16.5. The summed E-state index contributed by atoms with van der Waals surface area (Å²) >= 11 is 0. The summed E-state index contributed by atoms with van der Waals surface area (Å²) in [5.74, 6) is 0.107. The third kappa shape index (κ3) is 3.93. The second-order valence-electron chi connectivity index (χ2n) is 7.60. The van der Waals surface area contributed by atoms with Crippen molar-refractivity contribution < 1.29 is 24.5 Å². The second kappa shape index (κ2) is 7.61. The zero-order valence-corrected chi connectivity index (χ0v) is 16.0. The zero-order valence-electron chi connectivity index (χ0n) is 16.0. The van der Waals surface area contributed by atoms with Crippen LogP contribution in [0.4, 0.5) is 0 Å². The second-order valence-corrected chi connectivity index (χ2v) is 7.60. The number of carbonyl (C=O) groups is 1. The molecule has 2 aromatic rings. The van der Waals surface area contributed by atoms with Crippen LogP contribution in [0.3, 0.4) is 0 Å². The molecule has 0 aromatic heterocycles. The summed E-state index contributed by atoms with van der Waals surface area (Å²) in [4.78, 5) is 11.5. The van der Waals surface area contributed by atoms with E-state index in [1.54, 1.807) is 18.2 Å². The molecule has 0 bridgehead atoms. The van der Waals surface area contributed by atoms with Gasteiger partial charge in [-0.15, -0.1) is 0 Å². The van der Waals surface area contributed by atoms with E-state index >= 15 is 0 Å². The minimum Gasteiger partial charge on any atom is -0.507 e. The van der Waals surface area contributed by atoms with Gasteiger partial charge in [-0.1, -0.05) is 38.1 Å². The Balaban J connectivity index is 1.75. The number of fused-ring (bicyclic) bond motifs is 1. The Kier molecular flexibility index (Phi) is 5.42. The molecule has 2 aromatic carbocycles. The van der Waals surface area contributed by atoms with Gasteiger partial charge >= 0.3 is 5.97 Å². The summed E-state index contributed by atoms with van der Waals surface area (Å²) < 4.78 is 10.5. The molecule has 0 aliphatic carbocycles. The lowest BCUT2D eigenvalue weighted by Crippen LogP contribution is -2.27. The number of phenolic OH excluding ortho intramolecular Hbond substituents is 1. The van der Waals surface area contributed by atoms with E-state index in [2.05, 4.69) is 24.7 Å². The molecule has 2 N–H and O–H groups in total. The normalized spacial score (nSPS) is 16.1. The van der Waals surface area contributed by atoms with Crippen molar-refractivity contribution >= 4 is 5.97 Å². The van der Waals surface area contributed by atoms with Gasteiger partial charge in [0.15, 0.2) is 0 Å². The van der Waals surface area contributed by atoms with Gasteiger partial charge < -0.3 is 19.7 Å². The number of aliphatic hydroxyl groups excluding tert-OH is 1. The lowest BCUT2D eigenvalue weighted by molar-refractivity contribution is 0.0597. The number of esters is 1. The summed E-state index contributed by atoms with van der Waals surface area (Å²) in [5, 5.41) is 20.7. The summed E-state index contributed by atoms with van der Waals surface area (Å²) in [6, 6.07) is 10.8. The highest BCUT2D eigenvalue weighted by Gasteiger charge is 2.31. The summed E-state index contributed by atoms with van der Waals surface area (Å²) in [6.45, 7) is 5.03. The van der Waals surface area contributed by atoms with Crippen molar-refractivity contribution in [2.24, 2.45) is 0 Å². The maximum Gasteiger partial charge on any atom is 0.341 e. The zero-order chi connectivity index (χ0) is 19.6. The minimum absolute atomic E-state index is 0.0266. The number of ether oxygens (including phenoxy) is 2. The number of phenols is 1. The Bertz CT molecular complexity index is 841. The first-order valence-corrected chi connectivity index (χ1v) is 9.18. The van der Waals surface area contributed by atoms with Crippen LogP contribution in [-0.2, 0) is 16.6 Å². The Hall–Kier alpha value is -2.53. The van der Waals surface area contributed by atoms with Crippen LogP contribution in [0.2, 0.25) is 0 Å². The fourth-order valence-corrected chi connectivity index (χ4v) is 3.53. The maximum atomic E-state index is 11.5. The van der Waals surface area contributed by atoms with E-state index < -0.39 is 12.1 Å². The smallest absolute Gasteiger partial charge is 0.341 e. The summed E-state index contributed by atoms with van der Waals surface area (Å²) in [7, 11) is 1.27. The van der Waals surface area contributed by atoms with Crippen LogP contribution < -0.4 is 4.74 Å². The van der Waals surface area contributed by atoms with Crippen molar-refractivity contribution in [2.75, 3.05) is 13.7 Å². The minimum atomic E-state index is -0.670. The maximum absolute atomic E-state index is 11.5. The molecule has 1 heterocycles. The number of carbonyl (C=O) groups excluding carboxylic acids is 1. The fraction of sp³-hybridized carbons (Fsp3) is 0.409. The first-order chi connectivity index (χ1) is 12.8. The number of para-hydroxylation sites is 1. The number of rotatable bonds is 5. The van der Waals surface area contributed by atoms with E-state index in [9.17, 15) is 15.0 Å². The Morgan fingerprint density at radius 3 is 2.78 bits per heavy atom. The van der Waals surface area contributed by atoms with Crippen LogP contribution in [0.25, 0.3) is 0 Å². The molecular formula is C22H26O5. The van der Waals surface area contributed by atoms with Crippen LogP contribution in [-0.4, -0.2) is 29.9 Å². The van der Waals surface area contributed by atoms with Gasteiger partial charge in [-0.05, 0) is 42.4 Å². The number of hydrogen-bond acceptors (Lipinski definition) is 5. The van der Waals surface area contributed by atoms with Gasteiger partial charge in [0.1, 0.15) is 17.1 Å². The predicted molar refractivity (Wildman–Crippen MR) is 102 cm³/mol.